The third-order valence-electron chi connectivity index (χ3n) is 3.39. The van der Waals surface area contributed by atoms with Crippen molar-refractivity contribution >= 4 is 17.5 Å². The Morgan fingerprint density at radius 3 is 2.81 bits per heavy atom. The Hall–Kier alpha value is -2.15. The van der Waals surface area contributed by atoms with Gasteiger partial charge in [0.25, 0.3) is 5.69 Å². The van der Waals surface area contributed by atoms with E-state index >= 15 is 0 Å². The first kappa shape index (κ1) is 15.2. The Bertz CT molecular complexity index is 501. The summed E-state index contributed by atoms with van der Waals surface area (Å²) in [5, 5.41) is 13.1. The second-order valence-corrected chi connectivity index (χ2v) is 4.97. The topological polar surface area (TPSA) is 84.7 Å². The average Bonchev–Trinajstić information content (AvgIpc) is 2.48. The zero-order valence-electron chi connectivity index (χ0n) is 11.8. The summed E-state index contributed by atoms with van der Waals surface area (Å²) < 4.78 is 5.09. The van der Waals surface area contributed by atoms with Crippen molar-refractivity contribution in [1.82, 2.24) is 4.90 Å². The van der Waals surface area contributed by atoms with Gasteiger partial charge in [0.2, 0.25) is 0 Å². The lowest BCUT2D eigenvalue weighted by molar-refractivity contribution is -0.384. The zero-order chi connectivity index (χ0) is 15.1. The zero-order valence-corrected chi connectivity index (χ0v) is 11.8. The summed E-state index contributed by atoms with van der Waals surface area (Å²) >= 11 is 0. The lowest BCUT2D eigenvalue weighted by Gasteiger charge is -2.25. The number of anilines is 1. The number of amides is 1. The number of nitro groups is 1. The van der Waals surface area contributed by atoms with Crippen molar-refractivity contribution in [2.75, 3.05) is 31.6 Å². The van der Waals surface area contributed by atoms with Crippen LogP contribution in [0.3, 0.4) is 0 Å². The summed E-state index contributed by atoms with van der Waals surface area (Å²) in [5.41, 5.74) is 0.285. The van der Waals surface area contributed by atoms with Gasteiger partial charge in [-0.3, -0.25) is 20.3 Å². The monoisotopic (exact) mass is 293 g/mol. The minimum atomic E-state index is -0.590. The van der Waals surface area contributed by atoms with Crippen LogP contribution in [-0.2, 0) is 4.74 Å². The molecule has 0 bridgehead atoms. The lowest BCUT2D eigenvalue weighted by atomic mass is 10.1. The van der Waals surface area contributed by atoms with Crippen LogP contribution in [0.5, 0.6) is 0 Å². The van der Waals surface area contributed by atoms with E-state index in [0.29, 0.717) is 12.3 Å². The summed E-state index contributed by atoms with van der Waals surface area (Å²) in [6, 6.07) is 5.76. The number of hydrogen-bond donors (Lipinski definition) is 1. The molecule has 114 valence electrons. The Morgan fingerprint density at radius 2 is 2.10 bits per heavy atom. The third kappa shape index (κ3) is 5.03. The van der Waals surface area contributed by atoms with E-state index in [1.807, 2.05) is 0 Å². The van der Waals surface area contributed by atoms with Crippen molar-refractivity contribution in [3.63, 3.8) is 0 Å². The van der Waals surface area contributed by atoms with Crippen LogP contribution in [0.2, 0.25) is 0 Å². The molecule has 0 radical (unpaired) electrons. The first-order valence-electron chi connectivity index (χ1n) is 7.06. The van der Waals surface area contributed by atoms with Crippen molar-refractivity contribution in [2.45, 2.75) is 19.3 Å². The number of likely N-dealkylation sites (tertiary alicyclic amines) is 1. The molecule has 1 aromatic carbocycles. The molecule has 0 saturated carbocycles. The van der Waals surface area contributed by atoms with E-state index in [1.54, 1.807) is 6.07 Å². The predicted molar refractivity (Wildman–Crippen MR) is 78.4 cm³/mol. The first-order valence-corrected chi connectivity index (χ1v) is 7.06. The van der Waals surface area contributed by atoms with Crippen molar-refractivity contribution in [3.05, 3.63) is 34.4 Å². The van der Waals surface area contributed by atoms with Crippen molar-refractivity contribution in [2.24, 2.45) is 0 Å². The number of nitrogens with zero attached hydrogens (tertiary/aromatic N) is 2. The van der Waals surface area contributed by atoms with Crippen LogP contribution in [0.15, 0.2) is 24.3 Å². The molecule has 2 rings (SSSR count). The summed E-state index contributed by atoms with van der Waals surface area (Å²) in [7, 11) is 0. The molecule has 1 heterocycles. The van der Waals surface area contributed by atoms with Crippen LogP contribution in [0.4, 0.5) is 16.2 Å². The number of nitro benzene ring substituents is 1. The van der Waals surface area contributed by atoms with Crippen LogP contribution in [0.1, 0.15) is 19.3 Å². The summed E-state index contributed by atoms with van der Waals surface area (Å²) in [6.45, 7) is 3.15. The maximum atomic E-state index is 11.6. The number of carbonyl (C=O) groups excluding carboxylic acids is 1. The number of carbonyl (C=O) groups is 1. The Kier molecular flexibility index (Phi) is 5.51. The van der Waals surface area contributed by atoms with Gasteiger partial charge >= 0.3 is 6.09 Å². The molecule has 21 heavy (non-hydrogen) atoms. The van der Waals surface area contributed by atoms with E-state index in [-0.39, 0.29) is 5.69 Å². The number of piperidine rings is 1. The largest absolute Gasteiger partial charge is 0.448 e. The van der Waals surface area contributed by atoms with Crippen LogP contribution in [0, 0.1) is 10.1 Å². The molecule has 1 fully saturated rings. The Labute approximate surface area is 123 Å². The average molecular weight is 293 g/mol. The third-order valence-corrected chi connectivity index (χ3v) is 3.39. The van der Waals surface area contributed by atoms with Gasteiger partial charge in [0, 0.05) is 18.7 Å². The fourth-order valence-corrected chi connectivity index (χ4v) is 2.30. The van der Waals surface area contributed by atoms with E-state index in [4.69, 9.17) is 4.74 Å². The molecule has 0 aliphatic carbocycles. The number of nitrogens with one attached hydrogen (secondary N) is 1. The molecule has 1 amide bonds. The number of hydrogen-bond acceptors (Lipinski definition) is 5. The van der Waals surface area contributed by atoms with Gasteiger partial charge in [-0.15, -0.1) is 0 Å². The number of ether oxygens (including phenoxy) is 1. The van der Waals surface area contributed by atoms with Crippen molar-refractivity contribution in [1.29, 1.82) is 0 Å². The highest BCUT2D eigenvalue weighted by Crippen LogP contribution is 2.17. The van der Waals surface area contributed by atoms with Crippen molar-refractivity contribution < 1.29 is 14.5 Å². The van der Waals surface area contributed by atoms with Gasteiger partial charge in [0.05, 0.1) is 10.6 Å². The second-order valence-electron chi connectivity index (χ2n) is 4.97. The quantitative estimate of drug-likeness (QED) is 0.666. The molecule has 1 aliphatic rings. The van der Waals surface area contributed by atoms with Gasteiger partial charge in [-0.25, -0.2) is 4.79 Å². The summed E-state index contributed by atoms with van der Waals surface area (Å²) in [5.74, 6) is 0. The molecule has 0 spiro atoms. The van der Waals surface area contributed by atoms with Crippen LogP contribution >= 0.6 is 0 Å². The molecule has 1 saturated heterocycles. The van der Waals surface area contributed by atoms with E-state index < -0.39 is 11.0 Å². The minimum Gasteiger partial charge on any atom is -0.448 e. The molecule has 0 aromatic heterocycles. The Morgan fingerprint density at radius 1 is 1.33 bits per heavy atom. The molecule has 1 N–H and O–H groups in total. The second kappa shape index (κ2) is 7.58. The van der Waals surface area contributed by atoms with Gasteiger partial charge in [0.1, 0.15) is 6.61 Å². The standard InChI is InChI=1S/C14H19N3O4/c18-14(21-10-9-16-7-2-1-3-8-16)15-12-5-4-6-13(11-12)17(19)20/h4-6,11H,1-3,7-10H2,(H,15,18). The molecular weight excluding hydrogens is 274 g/mol. The Balaban J connectivity index is 1.73. The number of rotatable bonds is 5. The minimum absolute atomic E-state index is 0.0684. The fourth-order valence-electron chi connectivity index (χ4n) is 2.30. The highest BCUT2D eigenvalue weighted by atomic mass is 16.6. The predicted octanol–water partition coefficient (Wildman–Crippen LogP) is 2.63. The lowest BCUT2D eigenvalue weighted by Crippen LogP contribution is -2.33. The molecule has 0 unspecified atom stereocenters. The highest BCUT2D eigenvalue weighted by Gasteiger charge is 2.11. The van der Waals surface area contributed by atoms with Crippen molar-refractivity contribution in [3.8, 4) is 0 Å². The molecule has 7 nitrogen and oxygen atoms in total. The normalized spacial score (nSPS) is 15.4. The molecule has 0 atom stereocenters. The molecular formula is C14H19N3O4. The molecule has 1 aromatic rings. The van der Waals surface area contributed by atoms with E-state index in [2.05, 4.69) is 10.2 Å². The summed E-state index contributed by atoms with van der Waals surface area (Å²) in [6.07, 6.45) is 3.07. The van der Waals surface area contributed by atoms with Gasteiger partial charge in [-0.2, -0.15) is 0 Å². The van der Waals surface area contributed by atoms with Gasteiger partial charge in [0.15, 0.2) is 0 Å². The number of benzene rings is 1. The first-order chi connectivity index (χ1) is 10.1. The smallest absolute Gasteiger partial charge is 0.411 e. The SMILES string of the molecule is O=C(Nc1cccc([N+](=O)[O-])c1)OCCN1CCCCC1. The van der Waals surface area contributed by atoms with Gasteiger partial charge in [-0.05, 0) is 32.0 Å². The van der Waals surface area contributed by atoms with E-state index in [0.717, 1.165) is 19.6 Å². The molecule has 1 aliphatic heterocycles. The maximum absolute atomic E-state index is 11.6. The van der Waals surface area contributed by atoms with E-state index in [9.17, 15) is 14.9 Å². The van der Waals surface area contributed by atoms with Crippen LogP contribution < -0.4 is 5.32 Å². The van der Waals surface area contributed by atoms with E-state index in [1.165, 1.54) is 37.5 Å². The van der Waals surface area contributed by atoms with Crippen LogP contribution in [-0.4, -0.2) is 42.2 Å². The van der Waals surface area contributed by atoms with Gasteiger partial charge in [-0.1, -0.05) is 12.5 Å². The van der Waals surface area contributed by atoms with Crippen LogP contribution in [0.25, 0.3) is 0 Å². The maximum Gasteiger partial charge on any atom is 0.411 e. The number of non-ortho nitro benzene ring substituents is 1. The van der Waals surface area contributed by atoms with Gasteiger partial charge < -0.3 is 4.74 Å². The fraction of sp³-hybridized carbons (Fsp3) is 0.500. The highest BCUT2D eigenvalue weighted by molar-refractivity contribution is 5.85. The summed E-state index contributed by atoms with van der Waals surface area (Å²) in [4.78, 5) is 24.0. The molecule has 7 heteroatoms.